The van der Waals surface area contributed by atoms with Crippen LogP contribution in [0.25, 0.3) is 0 Å². The first-order chi connectivity index (χ1) is 12.0. The normalized spacial score (nSPS) is 21.0. The fourth-order valence-corrected chi connectivity index (χ4v) is 2.99. The van der Waals surface area contributed by atoms with E-state index in [1.807, 2.05) is 0 Å². The summed E-state index contributed by atoms with van der Waals surface area (Å²) in [4.78, 5) is 35.8. The molecule has 1 aliphatic carbocycles. The number of amides is 3. The lowest BCUT2D eigenvalue weighted by molar-refractivity contribution is -0.127. The molecule has 2 rings (SSSR count). The molecule has 1 saturated carbocycles. The van der Waals surface area contributed by atoms with E-state index in [0.717, 1.165) is 25.7 Å². The number of rotatable bonds is 6. The van der Waals surface area contributed by atoms with Gasteiger partial charge in [-0.1, -0.05) is 38.0 Å². The zero-order valence-electron chi connectivity index (χ0n) is 14.4. The molecule has 7 heteroatoms. The van der Waals surface area contributed by atoms with Crippen LogP contribution in [0.15, 0.2) is 30.3 Å². The van der Waals surface area contributed by atoms with Crippen LogP contribution in [0, 0.1) is 5.92 Å². The highest BCUT2D eigenvalue weighted by atomic mass is 16.6. The Balaban J connectivity index is 1.95. The summed E-state index contributed by atoms with van der Waals surface area (Å²) in [7, 11) is 0. The molecule has 1 aromatic carbocycles. The number of hydrogen-bond acceptors (Lipinski definition) is 4. The topological polar surface area (TPSA) is 111 Å². The lowest BCUT2D eigenvalue weighted by Gasteiger charge is -2.30. The molecule has 0 spiro atoms. The van der Waals surface area contributed by atoms with Gasteiger partial charge in [0.15, 0.2) is 0 Å². The SMILES string of the molecule is C[C@@H]1CCCC[C@@H]1NC(=O)[C@H](CC(N)=O)NC(=O)Oc1ccccc1. The first-order valence-corrected chi connectivity index (χ1v) is 8.57. The van der Waals surface area contributed by atoms with E-state index in [-0.39, 0.29) is 12.5 Å². The summed E-state index contributed by atoms with van der Waals surface area (Å²) < 4.78 is 5.11. The van der Waals surface area contributed by atoms with Crippen molar-refractivity contribution in [1.82, 2.24) is 10.6 Å². The Hall–Kier alpha value is -2.57. The Morgan fingerprint density at radius 3 is 2.52 bits per heavy atom. The maximum atomic E-state index is 12.5. The Labute approximate surface area is 147 Å². The number of nitrogens with two attached hydrogens (primary N) is 1. The van der Waals surface area contributed by atoms with Crippen molar-refractivity contribution in [3.05, 3.63) is 30.3 Å². The molecule has 4 N–H and O–H groups in total. The first-order valence-electron chi connectivity index (χ1n) is 8.57. The number of nitrogens with one attached hydrogen (secondary N) is 2. The smallest absolute Gasteiger partial charge is 0.410 e. The highest BCUT2D eigenvalue weighted by Gasteiger charge is 2.28. The number of primary amides is 1. The molecule has 0 bridgehead atoms. The summed E-state index contributed by atoms with van der Waals surface area (Å²) in [5.74, 6) is -0.373. The average Bonchev–Trinajstić information content (AvgIpc) is 2.56. The van der Waals surface area contributed by atoms with Gasteiger partial charge < -0.3 is 21.1 Å². The maximum Gasteiger partial charge on any atom is 0.413 e. The molecule has 3 amide bonds. The quantitative estimate of drug-likeness (QED) is 0.727. The summed E-state index contributed by atoms with van der Waals surface area (Å²) >= 11 is 0. The Bertz CT molecular complexity index is 606. The third kappa shape index (κ3) is 6.10. The minimum absolute atomic E-state index is 0.0450. The second kappa shape index (κ2) is 9.05. The number of ether oxygens (including phenoxy) is 1. The van der Waals surface area contributed by atoms with Crippen LogP contribution in [0.5, 0.6) is 5.75 Å². The van der Waals surface area contributed by atoms with Gasteiger partial charge in [0.2, 0.25) is 11.8 Å². The van der Waals surface area contributed by atoms with Crippen molar-refractivity contribution in [3.8, 4) is 5.75 Å². The molecular formula is C18H25N3O4. The van der Waals surface area contributed by atoms with Gasteiger partial charge in [0.1, 0.15) is 11.8 Å². The van der Waals surface area contributed by atoms with E-state index in [4.69, 9.17) is 10.5 Å². The van der Waals surface area contributed by atoms with Gasteiger partial charge in [0.05, 0.1) is 6.42 Å². The van der Waals surface area contributed by atoms with Gasteiger partial charge in [-0.3, -0.25) is 9.59 Å². The van der Waals surface area contributed by atoms with Crippen LogP contribution in [0.1, 0.15) is 39.0 Å². The number of carbonyl (C=O) groups is 3. The van der Waals surface area contributed by atoms with Gasteiger partial charge in [-0.05, 0) is 30.9 Å². The molecule has 0 unspecified atom stereocenters. The molecule has 1 fully saturated rings. The van der Waals surface area contributed by atoms with Gasteiger partial charge in [0.25, 0.3) is 0 Å². The number of hydrogen-bond donors (Lipinski definition) is 3. The number of carbonyl (C=O) groups excluding carboxylic acids is 3. The van der Waals surface area contributed by atoms with Crippen LogP contribution >= 0.6 is 0 Å². The van der Waals surface area contributed by atoms with Crippen molar-refractivity contribution in [2.75, 3.05) is 0 Å². The van der Waals surface area contributed by atoms with Crippen molar-refractivity contribution in [2.24, 2.45) is 11.7 Å². The molecule has 1 aromatic rings. The molecule has 136 valence electrons. The molecule has 7 nitrogen and oxygen atoms in total. The Morgan fingerprint density at radius 2 is 1.88 bits per heavy atom. The van der Waals surface area contributed by atoms with Gasteiger partial charge in [-0.15, -0.1) is 0 Å². The van der Waals surface area contributed by atoms with E-state index < -0.39 is 23.9 Å². The second-order valence-electron chi connectivity index (χ2n) is 6.45. The lowest BCUT2D eigenvalue weighted by Crippen LogP contribution is -2.53. The summed E-state index contributed by atoms with van der Waals surface area (Å²) in [6, 6.07) is 7.46. The van der Waals surface area contributed by atoms with Gasteiger partial charge in [-0.25, -0.2) is 4.79 Å². The molecule has 0 heterocycles. The predicted octanol–water partition coefficient (Wildman–Crippen LogP) is 1.71. The monoisotopic (exact) mass is 347 g/mol. The molecule has 0 saturated heterocycles. The zero-order chi connectivity index (χ0) is 18.2. The molecule has 1 aliphatic rings. The van der Waals surface area contributed by atoms with Gasteiger partial charge in [-0.2, -0.15) is 0 Å². The van der Waals surface area contributed by atoms with Gasteiger partial charge >= 0.3 is 6.09 Å². The minimum atomic E-state index is -1.05. The Kier molecular flexibility index (Phi) is 6.80. The largest absolute Gasteiger partial charge is 0.413 e. The van der Waals surface area contributed by atoms with E-state index in [2.05, 4.69) is 17.6 Å². The second-order valence-corrected chi connectivity index (χ2v) is 6.45. The molecule has 25 heavy (non-hydrogen) atoms. The molecular weight excluding hydrogens is 322 g/mol. The van der Waals surface area contributed by atoms with Crippen LogP contribution < -0.4 is 21.1 Å². The summed E-state index contributed by atoms with van der Waals surface area (Å²) in [6.45, 7) is 2.09. The van der Waals surface area contributed by atoms with E-state index in [0.29, 0.717) is 11.7 Å². The van der Waals surface area contributed by atoms with E-state index >= 15 is 0 Å². The van der Waals surface area contributed by atoms with E-state index in [9.17, 15) is 14.4 Å². The van der Waals surface area contributed by atoms with Crippen LogP contribution in [0.4, 0.5) is 4.79 Å². The molecule has 0 aromatic heterocycles. The average molecular weight is 347 g/mol. The summed E-state index contributed by atoms with van der Waals surface area (Å²) in [5, 5.41) is 5.35. The molecule has 0 radical (unpaired) electrons. The van der Waals surface area contributed by atoms with Crippen LogP contribution in [0.2, 0.25) is 0 Å². The van der Waals surface area contributed by atoms with Crippen molar-refractivity contribution in [3.63, 3.8) is 0 Å². The van der Waals surface area contributed by atoms with E-state index in [1.165, 1.54) is 0 Å². The van der Waals surface area contributed by atoms with Crippen LogP contribution in [0.3, 0.4) is 0 Å². The summed E-state index contributed by atoms with van der Waals surface area (Å²) in [6.07, 6.45) is 3.07. The number of benzene rings is 1. The lowest BCUT2D eigenvalue weighted by atomic mass is 9.86. The molecule has 0 aliphatic heterocycles. The fourth-order valence-electron chi connectivity index (χ4n) is 2.99. The third-order valence-electron chi connectivity index (χ3n) is 4.41. The predicted molar refractivity (Wildman–Crippen MR) is 92.8 cm³/mol. The zero-order valence-corrected chi connectivity index (χ0v) is 14.4. The van der Waals surface area contributed by atoms with Crippen LogP contribution in [-0.2, 0) is 9.59 Å². The fraction of sp³-hybridized carbons (Fsp3) is 0.500. The highest BCUT2D eigenvalue weighted by molar-refractivity contribution is 5.90. The highest BCUT2D eigenvalue weighted by Crippen LogP contribution is 2.23. The summed E-state index contributed by atoms with van der Waals surface area (Å²) in [5.41, 5.74) is 5.21. The standard InChI is InChI=1S/C18H25N3O4/c1-12-7-5-6-10-14(12)20-17(23)15(11-16(19)22)21-18(24)25-13-8-3-2-4-9-13/h2-4,8-9,12,14-15H,5-7,10-11H2,1H3,(H2,19,22)(H,20,23)(H,21,24)/t12-,14+,15+/m1/s1. The molecule has 3 atom stereocenters. The van der Waals surface area contributed by atoms with Crippen molar-refractivity contribution >= 4 is 17.9 Å². The Morgan fingerprint density at radius 1 is 1.20 bits per heavy atom. The van der Waals surface area contributed by atoms with E-state index in [1.54, 1.807) is 30.3 Å². The van der Waals surface area contributed by atoms with Crippen LogP contribution in [-0.4, -0.2) is 30.0 Å². The minimum Gasteiger partial charge on any atom is -0.410 e. The first kappa shape index (κ1) is 18.8. The maximum absolute atomic E-state index is 12.5. The van der Waals surface area contributed by atoms with Crippen molar-refractivity contribution in [2.45, 2.75) is 51.1 Å². The van der Waals surface area contributed by atoms with Crippen molar-refractivity contribution < 1.29 is 19.1 Å². The van der Waals surface area contributed by atoms with Gasteiger partial charge in [0, 0.05) is 6.04 Å². The number of para-hydroxylation sites is 1. The van der Waals surface area contributed by atoms with Crippen molar-refractivity contribution in [1.29, 1.82) is 0 Å². The third-order valence-corrected chi connectivity index (χ3v) is 4.41.